The zero-order chi connectivity index (χ0) is 18.8. The first-order chi connectivity index (χ1) is 12.4. The van der Waals surface area contributed by atoms with E-state index < -0.39 is 11.5 Å². The van der Waals surface area contributed by atoms with Gasteiger partial charge < -0.3 is 9.52 Å². The van der Waals surface area contributed by atoms with Crippen LogP contribution in [0.15, 0.2) is 64.1 Å². The van der Waals surface area contributed by atoms with Gasteiger partial charge in [0, 0.05) is 15.4 Å². The largest absolute Gasteiger partial charge is 0.506 e. The van der Waals surface area contributed by atoms with Gasteiger partial charge >= 0.3 is 5.63 Å². The Kier molecular flexibility index (Phi) is 5.59. The SMILES string of the molecule is O=C(NN=Cc1cccc(Br)c1O)c1cc2cc(Br)cc(Br)c2oc1=O. The zero-order valence-electron chi connectivity index (χ0n) is 12.8. The van der Waals surface area contributed by atoms with Gasteiger partial charge in [-0.05, 0) is 62.2 Å². The number of halogens is 3. The molecule has 132 valence electrons. The lowest BCUT2D eigenvalue weighted by molar-refractivity contribution is 0.0951. The van der Waals surface area contributed by atoms with Gasteiger partial charge in [-0.2, -0.15) is 5.10 Å². The number of fused-ring (bicyclic) bond motifs is 1. The number of rotatable bonds is 3. The molecule has 0 radical (unpaired) electrons. The fourth-order valence-corrected chi connectivity index (χ4v) is 3.89. The molecule has 1 aromatic heterocycles. The van der Waals surface area contributed by atoms with Crippen LogP contribution in [0.3, 0.4) is 0 Å². The summed E-state index contributed by atoms with van der Waals surface area (Å²) in [7, 11) is 0. The molecule has 2 N–H and O–H groups in total. The molecule has 0 unspecified atom stereocenters. The van der Waals surface area contributed by atoms with E-state index in [1.54, 1.807) is 30.3 Å². The van der Waals surface area contributed by atoms with Crippen molar-refractivity contribution in [2.24, 2.45) is 5.10 Å². The van der Waals surface area contributed by atoms with Crippen LogP contribution in [0.4, 0.5) is 0 Å². The maximum atomic E-state index is 12.2. The van der Waals surface area contributed by atoms with Crippen molar-refractivity contribution in [2.45, 2.75) is 0 Å². The van der Waals surface area contributed by atoms with Crippen molar-refractivity contribution in [3.63, 3.8) is 0 Å². The van der Waals surface area contributed by atoms with Crippen LogP contribution in [-0.4, -0.2) is 17.2 Å². The summed E-state index contributed by atoms with van der Waals surface area (Å²) in [6.45, 7) is 0. The number of aromatic hydroxyl groups is 1. The summed E-state index contributed by atoms with van der Waals surface area (Å²) < 4.78 is 7.07. The van der Waals surface area contributed by atoms with Crippen molar-refractivity contribution in [1.29, 1.82) is 0 Å². The van der Waals surface area contributed by atoms with Crippen molar-refractivity contribution in [1.82, 2.24) is 5.43 Å². The van der Waals surface area contributed by atoms with Gasteiger partial charge in [-0.1, -0.05) is 22.0 Å². The Morgan fingerprint density at radius 3 is 2.69 bits per heavy atom. The van der Waals surface area contributed by atoms with Crippen LogP contribution in [0.1, 0.15) is 15.9 Å². The number of hydrazone groups is 1. The number of carbonyl (C=O) groups is 1. The van der Waals surface area contributed by atoms with Crippen LogP contribution >= 0.6 is 47.8 Å². The van der Waals surface area contributed by atoms with Crippen LogP contribution in [-0.2, 0) is 0 Å². The molecule has 0 bridgehead atoms. The van der Waals surface area contributed by atoms with E-state index >= 15 is 0 Å². The van der Waals surface area contributed by atoms with Crippen molar-refractivity contribution >= 4 is 70.9 Å². The molecule has 1 amide bonds. The van der Waals surface area contributed by atoms with Crippen LogP contribution in [0, 0.1) is 0 Å². The van der Waals surface area contributed by atoms with E-state index in [0.717, 1.165) is 4.47 Å². The van der Waals surface area contributed by atoms with Crippen LogP contribution in [0.25, 0.3) is 11.0 Å². The van der Waals surface area contributed by atoms with Gasteiger partial charge in [0.25, 0.3) is 5.91 Å². The number of para-hydroxylation sites is 1. The molecule has 0 aliphatic carbocycles. The molecular weight excluding hydrogens is 536 g/mol. The normalized spacial score (nSPS) is 11.2. The summed E-state index contributed by atoms with van der Waals surface area (Å²) in [5.41, 5.74) is 2.03. The van der Waals surface area contributed by atoms with Gasteiger partial charge in [-0.15, -0.1) is 0 Å². The molecular formula is C17H9Br3N2O4. The number of phenols is 1. The monoisotopic (exact) mass is 542 g/mol. The summed E-state index contributed by atoms with van der Waals surface area (Å²) in [5.74, 6) is -0.729. The first-order valence-corrected chi connectivity index (χ1v) is 9.48. The number of nitrogens with one attached hydrogen (secondary N) is 1. The molecule has 0 aliphatic rings. The summed E-state index contributed by atoms with van der Waals surface area (Å²) >= 11 is 9.84. The average molecular weight is 545 g/mol. The van der Waals surface area contributed by atoms with E-state index in [-0.39, 0.29) is 11.3 Å². The molecule has 0 saturated heterocycles. The van der Waals surface area contributed by atoms with E-state index in [2.05, 4.69) is 58.3 Å². The first kappa shape index (κ1) is 18.8. The van der Waals surface area contributed by atoms with E-state index in [9.17, 15) is 14.7 Å². The minimum absolute atomic E-state index is 0.00887. The second kappa shape index (κ2) is 7.73. The highest BCUT2D eigenvalue weighted by Gasteiger charge is 2.15. The van der Waals surface area contributed by atoms with E-state index in [1.807, 2.05) is 0 Å². The highest BCUT2D eigenvalue weighted by atomic mass is 79.9. The minimum atomic E-state index is -0.779. The van der Waals surface area contributed by atoms with Gasteiger partial charge in [0.15, 0.2) is 5.58 Å². The Balaban J connectivity index is 1.88. The fourth-order valence-electron chi connectivity index (χ4n) is 2.17. The minimum Gasteiger partial charge on any atom is -0.506 e. The summed E-state index contributed by atoms with van der Waals surface area (Å²) in [6, 6.07) is 9.89. The molecule has 0 fully saturated rings. The number of hydrogen-bond donors (Lipinski definition) is 2. The van der Waals surface area contributed by atoms with Gasteiger partial charge in [0.2, 0.25) is 0 Å². The first-order valence-electron chi connectivity index (χ1n) is 7.10. The van der Waals surface area contributed by atoms with Crippen LogP contribution in [0.5, 0.6) is 5.75 Å². The fraction of sp³-hybridized carbons (Fsp3) is 0. The van der Waals surface area contributed by atoms with Crippen LogP contribution in [0.2, 0.25) is 0 Å². The molecule has 3 aromatic rings. The van der Waals surface area contributed by atoms with Crippen molar-refractivity contribution in [3.05, 3.63) is 71.4 Å². The molecule has 0 saturated carbocycles. The third-order valence-electron chi connectivity index (χ3n) is 3.38. The summed E-state index contributed by atoms with van der Waals surface area (Å²) in [6.07, 6.45) is 1.27. The van der Waals surface area contributed by atoms with Gasteiger partial charge in [-0.3, -0.25) is 4.79 Å². The smallest absolute Gasteiger partial charge is 0.349 e. The second-order valence-corrected chi connectivity index (χ2v) is 7.75. The predicted octanol–water partition coefficient (Wildman–Crippen LogP) is 4.55. The quantitative estimate of drug-likeness (QED) is 0.287. The molecule has 1 heterocycles. The Hall–Kier alpha value is -1.97. The number of amides is 1. The lowest BCUT2D eigenvalue weighted by atomic mass is 10.2. The van der Waals surface area contributed by atoms with Gasteiger partial charge in [-0.25, -0.2) is 10.2 Å². The lowest BCUT2D eigenvalue weighted by Crippen LogP contribution is -2.24. The Morgan fingerprint density at radius 2 is 1.92 bits per heavy atom. The molecule has 0 aliphatic heterocycles. The lowest BCUT2D eigenvalue weighted by Gasteiger charge is -2.04. The predicted molar refractivity (Wildman–Crippen MR) is 109 cm³/mol. The number of benzene rings is 2. The third-order valence-corrected chi connectivity index (χ3v) is 5.07. The second-order valence-electron chi connectivity index (χ2n) is 5.13. The molecule has 6 nitrogen and oxygen atoms in total. The van der Waals surface area contributed by atoms with Crippen molar-refractivity contribution in [2.75, 3.05) is 0 Å². The Morgan fingerprint density at radius 1 is 1.15 bits per heavy atom. The summed E-state index contributed by atoms with van der Waals surface area (Å²) in [5, 5.41) is 14.2. The maximum absolute atomic E-state index is 12.2. The molecule has 2 aromatic carbocycles. The number of nitrogens with zero attached hydrogens (tertiary/aromatic N) is 1. The average Bonchev–Trinajstić information content (AvgIpc) is 2.58. The highest BCUT2D eigenvalue weighted by molar-refractivity contribution is 9.11. The number of phenolic OH excluding ortho intramolecular Hbond substituents is 1. The Bertz CT molecular complexity index is 1110. The van der Waals surface area contributed by atoms with E-state index in [0.29, 0.717) is 25.5 Å². The molecule has 0 atom stereocenters. The van der Waals surface area contributed by atoms with Crippen molar-refractivity contribution in [3.8, 4) is 5.75 Å². The maximum Gasteiger partial charge on any atom is 0.349 e. The zero-order valence-corrected chi connectivity index (χ0v) is 17.6. The number of carbonyl (C=O) groups excluding carboxylic acids is 1. The van der Waals surface area contributed by atoms with Gasteiger partial charge in [0.1, 0.15) is 11.3 Å². The molecule has 26 heavy (non-hydrogen) atoms. The van der Waals surface area contributed by atoms with Crippen LogP contribution < -0.4 is 11.1 Å². The summed E-state index contributed by atoms with van der Waals surface area (Å²) in [4.78, 5) is 24.3. The van der Waals surface area contributed by atoms with E-state index in [4.69, 9.17) is 4.42 Å². The third kappa shape index (κ3) is 3.89. The van der Waals surface area contributed by atoms with Crippen molar-refractivity contribution < 1.29 is 14.3 Å². The molecule has 3 rings (SSSR count). The topological polar surface area (TPSA) is 91.9 Å². The highest BCUT2D eigenvalue weighted by Crippen LogP contribution is 2.28. The Labute approximate surface area is 172 Å². The standard InChI is InChI=1S/C17H9Br3N2O4/c18-10-4-9-5-11(17(25)26-15(9)13(20)6-10)16(24)22-21-7-8-2-1-3-12(19)14(8)23/h1-7,23H,(H,22,24). The van der Waals surface area contributed by atoms with E-state index in [1.165, 1.54) is 12.3 Å². The molecule has 9 heteroatoms. The molecule has 0 spiro atoms. The number of hydrogen-bond acceptors (Lipinski definition) is 5. The van der Waals surface area contributed by atoms with Gasteiger partial charge in [0.05, 0.1) is 15.2 Å².